The predicted molar refractivity (Wildman–Crippen MR) is 109 cm³/mol. The summed E-state index contributed by atoms with van der Waals surface area (Å²) in [6, 6.07) is 6.43. The number of likely N-dealkylation sites (tertiary alicyclic amines) is 1. The third-order valence-electron chi connectivity index (χ3n) is 4.72. The second-order valence-electron chi connectivity index (χ2n) is 6.84. The van der Waals surface area contributed by atoms with Crippen molar-refractivity contribution in [1.82, 2.24) is 15.5 Å². The Kier molecular flexibility index (Phi) is 8.47. The zero-order chi connectivity index (χ0) is 21.4. The van der Waals surface area contributed by atoms with E-state index in [1.165, 1.54) is 4.90 Å². The second-order valence-corrected chi connectivity index (χ2v) is 7.21. The summed E-state index contributed by atoms with van der Waals surface area (Å²) >= 11 is 3.99. The summed E-state index contributed by atoms with van der Waals surface area (Å²) in [6.45, 7) is -0.00492. The third kappa shape index (κ3) is 6.47. The van der Waals surface area contributed by atoms with Crippen molar-refractivity contribution in [3.63, 3.8) is 0 Å². The number of nitrogens with zero attached hydrogens (tertiary/aromatic N) is 1. The minimum absolute atomic E-state index is 0.121. The van der Waals surface area contributed by atoms with Crippen molar-refractivity contribution >= 4 is 36.3 Å². The van der Waals surface area contributed by atoms with Crippen LogP contribution in [-0.2, 0) is 25.6 Å². The lowest BCUT2D eigenvalue weighted by atomic mass is 10.0. The van der Waals surface area contributed by atoms with Crippen molar-refractivity contribution in [2.45, 2.75) is 37.4 Å². The van der Waals surface area contributed by atoms with Gasteiger partial charge >= 0.3 is 5.97 Å². The van der Waals surface area contributed by atoms with Gasteiger partial charge in [-0.05, 0) is 18.4 Å². The molecule has 5 N–H and O–H groups in total. The fourth-order valence-corrected chi connectivity index (χ4v) is 3.30. The van der Waals surface area contributed by atoms with Crippen LogP contribution in [0.5, 0.6) is 0 Å². The molecule has 1 fully saturated rings. The Morgan fingerprint density at radius 1 is 1.21 bits per heavy atom. The minimum Gasteiger partial charge on any atom is -0.480 e. The maximum atomic E-state index is 12.7. The van der Waals surface area contributed by atoms with Crippen molar-refractivity contribution in [3.05, 3.63) is 35.9 Å². The average molecular weight is 423 g/mol. The van der Waals surface area contributed by atoms with Gasteiger partial charge in [-0.1, -0.05) is 30.3 Å². The highest BCUT2D eigenvalue weighted by molar-refractivity contribution is 7.80. The predicted octanol–water partition coefficient (Wildman–Crippen LogP) is -0.837. The van der Waals surface area contributed by atoms with Crippen LogP contribution in [0.2, 0.25) is 0 Å². The van der Waals surface area contributed by atoms with Crippen molar-refractivity contribution in [3.8, 4) is 0 Å². The molecule has 1 aliphatic heterocycles. The topological polar surface area (TPSA) is 142 Å². The van der Waals surface area contributed by atoms with E-state index in [1.807, 2.05) is 30.3 Å². The molecule has 9 nitrogen and oxygen atoms in total. The largest absolute Gasteiger partial charge is 0.480 e. The highest BCUT2D eigenvalue weighted by Gasteiger charge is 2.34. The van der Waals surface area contributed by atoms with Crippen LogP contribution in [0, 0.1) is 0 Å². The molecule has 1 heterocycles. The van der Waals surface area contributed by atoms with Crippen LogP contribution in [0.15, 0.2) is 30.3 Å². The smallest absolute Gasteiger partial charge is 0.326 e. The number of aliphatic carboxylic acids is 1. The molecule has 29 heavy (non-hydrogen) atoms. The number of benzene rings is 1. The van der Waals surface area contributed by atoms with Crippen LogP contribution in [0.25, 0.3) is 0 Å². The quantitative estimate of drug-likeness (QED) is 0.329. The van der Waals surface area contributed by atoms with Gasteiger partial charge in [-0.15, -0.1) is 0 Å². The lowest BCUT2D eigenvalue weighted by Gasteiger charge is -2.23. The molecule has 10 heteroatoms. The number of thiol groups is 1. The van der Waals surface area contributed by atoms with Gasteiger partial charge in [0.2, 0.25) is 17.7 Å². The number of carboxylic acids is 1. The van der Waals surface area contributed by atoms with Crippen LogP contribution in [0.3, 0.4) is 0 Å². The van der Waals surface area contributed by atoms with Gasteiger partial charge in [-0.3, -0.25) is 14.4 Å². The van der Waals surface area contributed by atoms with E-state index in [9.17, 15) is 24.3 Å². The molecule has 1 aromatic carbocycles. The first-order chi connectivity index (χ1) is 13.8. The Hall–Kier alpha value is -2.59. The summed E-state index contributed by atoms with van der Waals surface area (Å²) in [4.78, 5) is 49.6. The van der Waals surface area contributed by atoms with E-state index < -0.39 is 41.8 Å². The first-order valence-corrected chi connectivity index (χ1v) is 9.97. The van der Waals surface area contributed by atoms with E-state index in [0.717, 1.165) is 5.56 Å². The zero-order valence-corrected chi connectivity index (χ0v) is 16.8. The van der Waals surface area contributed by atoms with E-state index >= 15 is 0 Å². The van der Waals surface area contributed by atoms with Gasteiger partial charge in [0.15, 0.2) is 0 Å². The number of hydrogen-bond donors (Lipinski definition) is 5. The van der Waals surface area contributed by atoms with Gasteiger partial charge in [-0.2, -0.15) is 12.6 Å². The van der Waals surface area contributed by atoms with Gasteiger partial charge in [0.1, 0.15) is 12.1 Å². The van der Waals surface area contributed by atoms with Gasteiger partial charge in [-0.25, -0.2) is 4.79 Å². The number of carbonyl (C=O) groups excluding carboxylic acids is 3. The molecule has 3 amide bonds. The lowest BCUT2D eigenvalue weighted by molar-refractivity contribution is -0.148. The molecule has 3 unspecified atom stereocenters. The number of amides is 3. The molecule has 0 saturated carbocycles. The SMILES string of the molecule is NC(CS)C(=O)NC(Cc1ccccc1)C(=O)NCC(=O)N1CCCC1C(=O)O. The van der Waals surface area contributed by atoms with Gasteiger partial charge in [0.05, 0.1) is 12.6 Å². The van der Waals surface area contributed by atoms with E-state index in [2.05, 4.69) is 23.3 Å². The molecule has 0 spiro atoms. The summed E-state index contributed by atoms with van der Waals surface area (Å²) in [7, 11) is 0. The van der Waals surface area contributed by atoms with Gasteiger partial charge in [0.25, 0.3) is 0 Å². The highest BCUT2D eigenvalue weighted by Crippen LogP contribution is 2.17. The van der Waals surface area contributed by atoms with Crippen molar-refractivity contribution in [2.75, 3.05) is 18.8 Å². The number of nitrogens with one attached hydrogen (secondary N) is 2. The van der Waals surface area contributed by atoms with Crippen LogP contribution in [-0.4, -0.2) is 70.7 Å². The zero-order valence-electron chi connectivity index (χ0n) is 15.9. The molecule has 0 bridgehead atoms. The summed E-state index contributed by atoms with van der Waals surface area (Å²) < 4.78 is 0. The van der Waals surface area contributed by atoms with Gasteiger partial charge < -0.3 is 26.4 Å². The van der Waals surface area contributed by atoms with Crippen LogP contribution >= 0.6 is 12.6 Å². The number of carboxylic acid groups (broad SMARTS) is 1. The van der Waals surface area contributed by atoms with E-state index in [4.69, 9.17) is 5.73 Å². The Morgan fingerprint density at radius 3 is 2.52 bits per heavy atom. The normalized spacial score (nSPS) is 18.0. The molecule has 1 saturated heterocycles. The number of nitrogens with two attached hydrogens (primary N) is 1. The maximum Gasteiger partial charge on any atom is 0.326 e. The van der Waals surface area contributed by atoms with Crippen LogP contribution < -0.4 is 16.4 Å². The molecule has 0 aromatic heterocycles. The van der Waals surface area contributed by atoms with Gasteiger partial charge in [0, 0.05) is 18.7 Å². The highest BCUT2D eigenvalue weighted by atomic mass is 32.1. The molecule has 2 rings (SSSR count). The first kappa shape index (κ1) is 22.7. The third-order valence-corrected chi connectivity index (χ3v) is 5.11. The second kappa shape index (κ2) is 10.8. The van der Waals surface area contributed by atoms with Crippen LogP contribution in [0.1, 0.15) is 18.4 Å². The number of rotatable bonds is 9. The lowest BCUT2D eigenvalue weighted by Crippen LogP contribution is -2.54. The molecule has 0 aliphatic carbocycles. The average Bonchev–Trinajstić information content (AvgIpc) is 3.21. The number of carbonyl (C=O) groups is 4. The summed E-state index contributed by atoms with van der Waals surface area (Å²) in [5.41, 5.74) is 6.49. The molecular weight excluding hydrogens is 396 g/mol. The Labute approximate surface area is 174 Å². The Balaban J connectivity index is 2.01. The molecule has 0 radical (unpaired) electrons. The Bertz CT molecular complexity index is 745. The van der Waals surface area contributed by atoms with Crippen LogP contribution in [0.4, 0.5) is 0 Å². The molecule has 158 valence electrons. The monoisotopic (exact) mass is 422 g/mol. The Morgan fingerprint density at radius 2 is 1.90 bits per heavy atom. The molecule has 1 aliphatic rings. The summed E-state index contributed by atoms with van der Waals surface area (Å²) in [6.07, 6.45) is 1.21. The molecule has 3 atom stereocenters. The standard InChI is InChI=1S/C19H26N4O5S/c20-13(11-29)17(25)22-14(9-12-5-2-1-3-6-12)18(26)21-10-16(24)23-8-4-7-15(23)19(27)28/h1-3,5-6,13-15,29H,4,7-11,20H2,(H,21,26)(H,22,25)(H,27,28). The van der Waals surface area contributed by atoms with E-state index in [1.54, 1.807) is 0 Å². The fraction of sp³-hybridized carbons (Fsp3) is 0.474. The number of hydrogen-bond acceptors (Lipinski definition) is 6. The van der Waals surface area contributed by atoms with Crippen molar-refractivity contribution in [1.29, 1.82) is 0 Å². The van der Waals surface area contributed by atoms with E-state index in [-0.39, 0.29) is 18.7 Å². The maximum absolute atomic E-state index is 12.7. The summed E-state index contributed by atoms with van der Waals surface area (Å²) in [5.74, 6) is -2.48. The van der Waals surface area contributed by atoms with Crippen molar-refractivity contribution < 1.29 is 24.3 Å². The van der Waals surface area contributed by atoms with Crippen molar-refractivity contribution in [2.24, 2.45) is 5.73 Å². The minimum atomic E-state index is -1.06. The summed E-state index contributed by atoms with van der Waals surface area (Å²) in [5, 5.41) is 14.3. The first-order valence-electron chi connectivity index (χ1n) is 9.34. The molecular formula is C19H26N4O5S. The molecule has 1 aromatic rings. The fourth-order valence-electron chi connectivity index (χ4n) is 3.13. The van der Waals surface area contributed by atoms with E-state index in [0.29, 0.717) is 19.4 Å².